The zero-order valence-corrected chi connectivity index (χ0v) is 9.57. The van der Waals surface area contributed by atoms with Crippen LogP contribution in [0.2, 0.25) is 0 Å². The van der Waals surface area contributed by atoms with E-state index >= 15 is 0 Å². The van der Waals surface area contributed by atoms with E-state index in [1.54, 1.807) is 0 Å². The summed E-state index contributed by atoms with van der Waals surface area (Å²) in [4.78, 5) is 0. The summed E-state index contributed by atoms with van der Waals surface area (Å²) in [7, 11) is 0. The van der Waals surface area contributed by atoms with E-state index < -0.39 is 5.60 Å². The molecule has 0 spiro atoms. The standard InChI is InChI=1S/C8H15O.Zn/c1-2-8(9)6-4-3-5-7-8;/h9H,1-7H2;/q-1;. The Morgan fingerprint density at radius 1 is 1.20 bits per heavy atom. The van der Waals surface area contributed by atoms with E-state index in [1.807, 2.05) is 0 Å². The van der Waals surface area contributed by atoms with E-state index in [0.29, 0.717) is 6.42 Å². The first-order valence-electron chi connectivity index (χ1n) is 3.78. The molecule has 1 saturated carbocycles. The van der Waals surface area contributed by atoms with Crippen molar-refractivity contribution in [2.45, 2.75) is 44.1 Å². The number of hydrogen-bond acceptors (Lipinski definition) is 1. The smallest absolute Gasteiger partial charge is 0.0378 e. The van der Waals surface area contributed by atoms with Crippen LogP contribution in [0.5, 0.6) is 0 Å². The molecule has 1 N–H and O–H groups in total. The summed E-state index contributed by atoms with van der Waals surface area (Å²) in [6, 6.07) is 0. The molecule has 0 radical (unpaired) electrons. The summed E-state index contributed by atoms with van der Waals surface area (Å²) in [5, 5.41) is 9.62. The van der Waals surface area contributed by atoms with Crippen LogP contribution in [0.4, 0.5) is 0 Å². The first kappa shape index (κ1) is 10.6. The van der Waals surface area contributed by atoms with Gasteiger partial charge in [0, 0.05) is 25.1 Å². The van der Waals surface area contributed by atoms with Crippen molar-refractivity contribution >= 4 is 0 Å². The molecule has 2 heteroatoms. The summed E-state index contributed by atoms with van der Waals surface area (Å²) in [6.45, 7) is 3.73. The van der Waals surface area contributed by atoms with Crippen LogP contribution in [0.15, 0.2) is 0 Å². The Morgan fingerprint density at radius 3 is 2.00 bits per heavy atom. The van der Waals surface area contributed by atoms with Crippen LogP contribution in [0.1, 0.15) is 38.5 Å². The summed E-state index contributed by atoms with van der Waals surface area (Å²) in [5.74, 6) is 0. The monoisotopic (exact) mass is 191 g/mol. The number of aliphatic hydroxyl groups is 1. The second-order valence-corrected chi connectivity index (χ2v) is 3.04. The SMILES string of the molecule is [CH2-]CC1(O)CCCCC1.[Zn]. The quantitative estimate of drug-likeness (QED) is 0.497. The van der Waals surface area contributed by atoms with Crippen molar-refractivity contribution in [1.82, 2.24) is 0 Å². The van der Waals surface area contributed by atoms with E-state index in [9.17, 15) is 5.11 Å². The summed E-state index contributed by atoms with van der Waals surface area (Å²) in [5.41, 5.74) is -0.391. The summed E-state index contributed by atoms with van der Waals surface area (Å²) >= 11 is 0. The molecular formula is C8H15OZn-. The predicted octanol–water partition coefficient (Wildman–Crippen LogP) is 1.90. The Bertz CT molecular complexity index is 87.3. The van der Waals surface area contributed by atoms with E-state index in [1.165, 1.54) is 19.3 Å². The maximum Gasteiger partial charge on any atom is 0.0378 e. The topological polar surface area (TPSA) is 20.2 Å². The zero-order chi connectivity index (χ0) is 6.74. The van der Waals surface area contributed by atoms with Crippen molar-refractivity contribution in [2.75, 3.05) is 0 Å². The minimum atomic E-state index is -0.391. The first-order chi connectivity index (χ1) is 4.27. The molecule has 0 aliphatic heterocycles. The Hall–Kier alpha value is 0.583. The van der Waals surface area contributed by atoms with Gasteiger partial charge < -0.3 is 12.0 Å². The third-order valence-corrected chi connectivity index (χ3v) is 2.25. The van der Waals surface area contributed by atoms with Gasteiger partial charge in [0.2, 0.25) is 0 Å². The van der Waals surface area contributed by atoms with Crippen LogP contribution >= 0.6 is 0 Å². The van der Waals surface area contributed by atoms with Crippen LogP contribution < -0.4 is 0 Å². The molecule has 0 bridgehead atoms. The molecule has 10 heavy (non-hydrogen) atoms. The van der Waals surface area contributed by atoms with Gasteiger partial charge in [0.05, 0.1) is 0 Å². The summed E-state index contributed by atoms with van der Waals surface area (Å²) in [6.07, 6.45) is 6.29. The van der Waals surface area contributed by atoms with Crippen LogP contribution in [-0.4, -0.2) is 10.7 Å². The fourth-order valence-corrected chi connectivity index (χ4v) is 1.46. The minimum Gasteiger partial charge on any atom is -0.393 e. The van der Waals surface area contributed by atoms with Crippen molar-refractivity contribution in [2.24, 2.45) is 0 Å². The van der Waals surface area contributed by atoms with Gasteiger partial charge in [-0.25, -0.2) is 0 Å². The second kappa shape index (κ2) is 4.46. The van der Waals surface area contributed by atoms with Crippen molar-refractivity contribution < 1.29 is 24.6 Å². The van der Waals surface area contributed by atoms with Crippen LogP contribution in [-0.2, 0) is 19.5 Å². The third-order valence-electron chi connectivity index (χ3n) is 2.25. The van der Waals surface area contributed by atoms with Gasteiger partial charge in [-0.2, -0.15) is 6.42 Å². The van der Waals surface area contributed by atoms with Gasteiger partial charge in [-0.15, -0.1) is 0 Å². The molecule has 0 unspecified atom stereocenters. The maximum absolute atomic E-state index is 9.62. The Morgan fingerprint density at radius 2 is 1.70 bits per heavy atom. The fraction of sp³-hybridized carbons (Fsp3) is 0.875. The van der Waals surface area contributed by atoms with E-state index in [0.717, 1.165) is 12.8 Å². The first-order valence-corrected chi connectivity index (χ1v) is 3.78. The molecule has 0 atom stereocenters. The number of rotatable bonds is 1. The van der Waals surface area contributed by atoms with E-state index in [4.69, 9.17) is 0 Å². The van der Waals surface area contributed by atoms with E-state index in [2.05, 4.69) is 6.92 Å². The molecule has 0 saturated heterocycles. The Kier molecular flexibility index (Phi) is 4.72. The van der Waals surface area contributed by atoms with Crippen molar-refractivity contribution in [3.63, 3.8) is 0 Å². The molecule has 1 fully saturated rings. The molecule has 1 rings (SSSR count). The normalized spacial score (nSPS) is 23.4. The zero-order valence-electron chi connectivity index (χ0n) is 6.60. The van der Waals surface area contributed by atoms with Crippen LogP contribution in [0.3, 0.4) is 0 Å². The van der Waals surface area contributed by atoms with Crippen molar-refractivity contribution in [3.8, 4) is 0 Å². The van der Waals surface area contributed by atoms with Gasteiger partial charge in [0.25, 0.3) is 0 Å². The van der Waals surface area contributed by atoms with Crippen molar-refractivity contribution in [3.05, 3.63) is 6.92 Å². The maximum atomic E-state index is 9.62. The Labute approximate surface area is 76.0 Å². The fourth-order valence-electron chi connectivity index (χ4n) is 1.46. The average Bonchev–Trinajstić information content (AvgIpc) is 1.90. The molecule has 1 aliphatic carbocycles. The molecule has 1 nitrogen and oxygen atoms in total. The molecule has 1 aliphatic rings. The van der Waals surface area contributed by atoms with Crippen LogP contribution in [0.25, 0.3) is 0 Å². The van der Waals surface area contributed by atoms with Gasteiger partial charge >= 0.3 is 0 Å². The summed E-state index contributed by atoms with van der Waals surface area (Å²) < 4.78 is 0. The predicted molar refractivity (Wildman–Crippen MR) is 38.0 cm³/mol. The molecule has 0 amide bonds. The van der Waals surface area contributed by atoms with Gasteiger partial charge in [0.15, 0.2) is 0 Å². The second-order valence-electron chi connectivity index (χ2n) is 3.04. The molecular weight excluding hydrogens is 177 g/mol. The average molecular weight is 193 g/mol. The van der Waals surface area contributed by atoms with Gasteiger partial charge in [-0.05, 0) is 12.8 Å². The Balaban J connectivity index is 0.000000810. The molecule has 0 aromatic heterocycles. The largest absolute Gasteiger partial charge is 0.393 e. The molecule has 0 aromatic carbocycles. The van der Waals surface area contributed by atoms with E-state index in [-0.39, 0.29) is 19.5 Å². The molecule has 0 aromatic rings. The number of hydrogen-bond donors (Lipinski definition) is 1. The van der Waals surface area contributed by atoms with Crippen molar-refractivity contribution in [1.29, 1.82) is 0 Å². The van der Waals surface area contributed by atoms with Gasteiger partial charge in [-0.3, -0.25) is 0 Å². The van der Waals surface area contributed by atoms with Gasteiger partial charge in [0.1, 0.15) is 0 Å². The third kappa shape index (κ3) is 2.68. The minimum absolute atomic E-state index is 0. The van der Waals surface area contributed by atoms with Crippen LogP contribution in [0, 0.1) is 6.92 Å². The molecule has 0 heterocycles. The van der Waals surface area contributed by atoms with Gasteiger partial charge in [-0.1, -0.05) is 19.3 Å². The molecule has 56 valence electrons.